The van der Waals surface area contributed by atoms with E-state index in [1.165, 1.54) is 18.4 Å². The molecule has 3 heteroatoms. The van der Waals surface area contributed by atoms with Gasteiger partial charge in [0.1, 0.15) is 12.0 Å². The number of hydrogen-bond donors (Lipinski definition) is 0. The second kappa shape index (κ2) is 5.37. The van der Waals surface area contributed by atoms with Crippen LogP contribution in [-0.4, -0.2) is 24.2 Å². The van der Waals surface area contributed by atoms with Crippen molar-refractivity contribution in [1.82, 2.24) is 4.90 Å². The van der Waals surface area contributed by atoms with Crippen molar-refractivity contribution in [2.45, 2.75) is 31.9 Å². The van der Waals surface area contributed by atoms with Crippen LogP contribution in [0.5, 0.6) is 0 Å². The van der Waals surface area contributed by atoms with E-state index >= 15 is 0 Å². The van der Waals surface area contributed by atoms with E-state index in [0.717, 1.165) is 25.9 Å². The average Bonchev–Trinajstić information content (AvgIpc) is 2.31. The molecule has 2 fully saturated rings. The first-order chi connectivity index (χ1) is 8.81. The third kappa shape index (κ3) is 2.73. The zero-order chi connectivity index (χ0) is 12.4. The lowest BCUT2D eigenvalue weighted by molar-refractivity contribution is -0.115. The highest BCUT2D eigenvalue weighted by Gasteiger charge is 2.30. The number of piperidine rings is 1. The quantitative estimate of drug-likeness (QED) is 0.815. The summed E-state index contributed by atoms with van der Waals surface area (Å²) in [5.41, 5.74) is 1.24. The number of hydrogen-bond acceptors (Lipinski definition) is 2. The molecule has 1 aromatic carbocycles. The van der Waals surface area contributed by atoms with Gasteiger partial charge < -0.3 is 4.74 Å². The molecule has 2 heterocycles. The molecular weight excluding hydrogens is 229 g/mol. The van der Waals surface area contributed by atoms with Crippen LogP contribution in [0.1, 0.15) is 24.8 Å². The monoisotopic (exact) mass is 248 g/mol. The SMILES string of the molecule is Fc1ccc(CC2CCCN([C@@H]3C[CH]O3)C2)cc1. The van der Waals surface area contributed by atoms with E-state index in [-0.39, 0.29) is 5.82 Å². The van der Waals surface area contributed by atoms with Crippen molar-refractivity contribution in [1.29, 1.82) is 0 Å². The van der Waals surface area contributed by atoms with E-state index in [9.17, 15) is 4.39 Å². The second-order valence-electron chi connectivity index (χ2n) is 5.33. The molecule has 1 unspecified atom stereocenters. The second-order valence-corrected chi connectivity index (χ2v) is 5.33. The van der Waals surface area contributed by atoms with E-state index in [2.05, 4.69) is 4.90 Å². The molecule has 0 spiro atoms. The molecule has 0 bridgehead atoms. The van der Waals surface area contributed by atoms with Gasteiger partial charge in [0.05, 0.1) is 6.61 Å². The Kier molecular flexibility index (Phi) is 3.62. The van der Waals surface area contributed by atoms with Gasteiger partial charge >= 0.3 is 0 Å². The number of halogens is 1. The predicted molar refractivity (Wildman–Crippen MR) is 68.2 cm³/mol. The third-order valence-electron chi connectivity index (χ3n) is 3.95. The number of ether oxygens (including phenoxy) is 1. The molecule has 1 aromatic rings. The van der Waals surface area contributed by atoms with Crippen molar-refractivity contribution < 1.29 is 9.13 Å². The minimum absolute atomic E-state index is 0.151. The molecule has 0 saturated carbocycles. The van der Waals surface area contributed by atoms with E-state index in [1.54, 1.807) is 12.1 Å². The predicted octanol–water partition coefficient (Wildman–Crippen LogP) is 2.99. The molecular formula is C15H19FNO. The first-order valence-electron chi connectivity index (χ1n) is 6.77. The Bertz CT molecular complexity index is 388. The molecule has 0 aliphatic carbocycles. The first kappa shape index (κ1) is 12.1. The molecule has 0 amide bonds. The Balaban J connectivity index is 1.57. The highest BCUT2D eigenvalue weighted by molar-refractivity contribution is 5.16. The Hall–Kier alpha value is -0.930. The molecule has 18 heavy (non-hydrogen) atoms. The van der Waals surface area contributed by atoms with Crippen LogP contribution in [0.3, 0.4) is 0 Å². The van der Waals surface area contributed by atoms with Crippen LogP contribution in [0.15, 0.2) is 24.3 Å². The van der Waals surface area contributed by atoms with Crippen molar-refractivity contribution in [3.63, 3.8) is 0 Å². The lowest BCUT2D eigenvalue weighted by Crippen LogP contribution is -2.47. The van der Waals surface area contributed by atoms with Gasteiger partial charge in [-0.1, -0.05) is 12.1 Å². The van der Waals surface area contributed by atoms with Gasteiger partial charge in [-0.25, -0.2) is 4.39 Å². The zero-order valence-electron chi connectivity index (χ0n) is 10.5. The Morgan fingerprint density at radius 2 is 2.06 bits per heavy atom. The summed E-state index contributed by atoms with van der Waals surface area (Å²) in [4.78, 5) is 2.44. The molecule has 2 saturated heterocycles. The van der Waals surface area contributed by atoms with Crippen molar-refractivity contribution in [2.24, 2.45) is 5.92 Å². The van der Waals surface area contributed by atoms with Crippen LogP contribution in [0.4, 0.5) is 4.39 Å². The fourth-order valence-corrected chi connectivity index (χ4v) is 2.90. The number of benzene rings is 1. The molecule has 2 nitrogen and oxygen atoms in total. The molecule has 2 aliphatic rings. The largest absolute Gasteiger partial charge is 0.357 e. The molecule has 2 atom stereocenters. The maximum absolute atomic E-state index is 12.9. The number of nitrogens with zero attached hydrogens (tertiary/aromatic N) is 1. The lowest BCUT2D eigenvalue weighted by Gasteiger charge is -2.41. The summed E-state index contributed by atoms with van der Waals surface area (Å²) in [6, 6.07) is 6.92. The van der Waals surface area contributed by atoms with Crippen LogP contribution < -0.4 is 0 Å². The highest BCUT2D eigenvalue weighted by Crippen LogP contribution is 2.27. The fraction of sp³-hybridized carbons (Fsp3) is 0.533. The molecule has 97 valence electrons. The summed E-state index contributed by atoms with van der Waals surface area (Å²) >= 11 is 0. The smallest absolute Gasteiger partial charge is 0.123 e. The molecule has 0 aromatic heterocycles. The topological polar surface area (TPSA) is 12.5 Å². The summed E-state index contributed by atoms with van der Waals surface area (Å²) in [6.45, 7) is 4.14. The van der Waals surface area contributed by atoms with Gasteiger partial charge in [0.15, 0.2) is 0 Å². The van der Waals surface area contributed by atoms with E-state index in [1.807, 2.05) is 18.7 Å². The van der Waals surface area contributed by atoms with E-state index in [4.69, 9.17) is 4.74 Å². The standard InChI is InChI=1S/C15H19FNO/c16-14-5-3-12(4-6-14)10-13-2-1-8-17(11-13)15-7-9-18-15/h3-6,9,13,15H,1-2,7-8,10-11H2/t13?,15-/m0/s1. The lowest BCUT2D eigenvalue weighted by atomic mass is 9.91. The van der Waals surface area contributed by atoms with Gasteiger partial charge in [0.25, 0.3) is 0 Å². The maximum atomic E-state index is 12.9. The molecule has 1 radical (unpaired) electrons. The molecule has 3 rings (SSSR count). The third-order valence-corrected chi connectivity index (χ3v) is 3.95. The van der Waals surface area contributed by atoms with Crippen LogP contribution in [0, 0.1) is 18.3 Å². The number of likely N-dealkylation sites (tertiary alicyclic amines) is 1. The summed E-state index contributed by atoms with van der Waals surface area (Å²) in [5, 5.41) is 0. The van der Waals surface area contributed by atoms with Crippen molar-refractivity contribution in [3.8, 4) is 0 Å². The first-order valence-corrected chi connectivity index (χ1v) is 6.77. The number of rotatable bonds is 3. The summed E-state index contributed by atoms with van der Waals surface area (Å²) in [6.07, 6.45) is 4.94. The minimum Gasteiger partial charge on any atom is -0.357 e. The molecule has 0 N–H and O–H groups in total. The summed E-state index contributed by atoms with van der Waals surface area (Å²) < 4.78 is 18.3. The van der Waals surface area contributed by atoms with Crippen LogP contribution >= 0.6 is 0 Å². The average molecular weight is 248 g/mol. The van der Waals surface area contributed by atoms with Crippen LogP contribution in [0.25, 0.3) is 0 Å². The van der Waals surface area contributed by atoms with Gasteiger partial charge in [-0.15, -0.1) is 0 Å². The fourth-order valence-electron chi connectivity index (χ4n) is 2.90. The van der Waals surface area contributed by atoms with Gasteiger partial charge in [-0.2, -0.15) is 0 Å². The van der Waals surface area contributed by atoms with Gasteiger partial charge in [-0.3, -0.25) is 4.90 Å². The Labute approximate surface area is 108 Å². The Morgan fingerprint density at radius 3 is 2.72 bits per heavy atom. The zero-order valence-corrected chi connectivity index (χ0v) is 10.5. The summed E-state index contributed by atoms with van der Waals surface area (Å²) in [5.74, 6) is 0.524. The normalized spacial score (nSPS) is 28.9. The van der Waals surface area contributed by atoms with Gasteiger partial charge in [0.2, 0.25) is 0 Å². The van der Waals surface area contributed by atoms with E-state index in [0.29, 0.717) is 12.1 Å². The van der Waals surface area contributed by atoms with Gasteiger partial charge in [0, 0.05) is 19.5 Å². The summed E-state index contributed by atoms with van der Waals surface area (Å²) in [7, 11) is 0. The molecule has 2 aliphatic heterocycles. The van der Waals surface area contributed by atoms with E-state index < -0.39 is 0 Å². The van der Waals surface area contributed by atoms with Crippen molar-refractivity contribution in [2.75, 3.05) is 13.1 Å². The highest BCUT2D eigenvalue weighted by atomic mass is 19.1. The van der Waals surface area contributed by atoms with Crippen LogP contribution in [-0.2, 0) is 11.2 Å². The maximum Gasteiger partial charge on any atom is 0.123 e. The minimum atomic E-state index is -0.151. The van der Waals surface area contributed by atoms with Crippen molar-refractivity contribution >= 4 is 0 Å². The van der Waals surface area contributed by atoms with Crippen molar-refractivity contribution in [3.05, 3.63) is 42.3 Å². The Morgan fingerprint density at radius 1 is 1.28 bits per heavy atom. The van der Waals surface area contributed by atoms with Gasteiger partial charge in [-0.05, 0) is 42.9 Å². The van der Waals surface area contributed by atoms with Crippen LogP contribution in [0.2, 0.25) is 0 Å².